The normalized spacial score (nSPS) is 18.9. The molecule has 1 aliphatic rings. The van der Waals surface area contributed by atoms with Gasteiger partial charge in [0.1, 0.15) is 24.4 Å². The fourth-order valence-corrected chi connectivity index (χ4v) is 10.5. The summed E-state index contributed by atoms with van der Waals surface area (Å²) >= 11 is 0. The summed E-state index contributed by atoms with van der Waals surface area (Å²) in [5.41, 5.74) is 0. The molecule has 1 aliphatic heterocycles. The molecule has 0 saturated carbocycles. The summed E-state index contributed by atoms with van der Waals surface area (Å²) in [6, 6.07) is -1.04. The zero-order valence-electron chi connectivity index (χ0n) is 56.5. The number of rotatable bonds is 60. The third-order valence-corrected chi connectivity index (χ3v) is 16.0. The van der Waals surface area contributed by atoms with Crippen LogP contribution in [0, 0.1) is 0 Å². The van der Waals surface area contributed by atoms with Crippen molar-refractivity contribution in [3.8, 4) is 0 Å². The lowest BCUT2D eigenvalue weighted by atomic mass is 9.99. The first kappa shape index (κ1) is 82.8. The van der Waals surface area contributed by atoms with Gasteiger partial charge in [-0.15, -0.1) is 0 Å². The summed E-state index contributed by atoms with van der Waals surface area (Å²) in [6.07, 6.45) is 80.6. The van der Waals surface area contributed by atoms with Crippen molar-refractivity contribution in [2.24, 2.45) is 0 Å². The fourth-order valence-electron chi connectivity index (χ4n) is 10.5. The number of unbranched alkanes of at least 4 members (excludes halogenated alkanes) is 26. The largest absolute Gasteiger partial charge is 0.454 e. The number of hydrogen-bond donors (Lipinski definition) is 6. The third kappa shape index (κ3) is 51.1. The molecule has 11 heteroatoms. The van der Waals surface area contributed by atoms with Gasteiger partial charge in [0, 0.05) is 6.42 Å². The van der Waals surface area contributed by atoms with E-state index in [4.69, 9.17) is 14.2 Å². The van der Waals surface area contributed by atoms with Crippen molar-refractivity contribution in [3.63, 3.8) is 0 Å². The molecule has 1 rings (SSSR count). The molecule has 0 aromatic rings. The van der Waals surface area contributed by atoms with Gasteiger partial charge < -0.3 is 45.1 Å². The van der Waals surface area contributed by atoms with Crippen molar-refractivity contribution < 1.29 is 49.3 Å². The highest BCUT2D eigenvalue weighted by Gasteiger charge is 2.47. The molecule has 0 bridgehead atoms. The van der Waals surface area contributed by atoms with E-state index in [0.717, 1.165) is 154 Å². The van der Waals surface area contributed by atoms with Crippen LogP contribution in [0.1, 0.15) is 284 Å². The molecule has 0 aromatic carbocycles. The molecule has 0 aromatic heterocycles. The Morgan fingerprint density at radius 2 is 0.809 bits per heavy atom. The van der Waals surface area contributed by atoms with Gasteiger partial charge in [-0.3, -0.25) is 9.59 Å². The first-order valence-electron chi connectivity index (χ1n) is 36.0. The second kappa shape index (κ2) is 63.9. The third-order valence-electron chi connectivity index (χ3n) is 16.0. The zero-order chi connectivity index (χ0) is 64.6. The number of ether oxygens (including phenoxy) is 3. The highest BCUT2D eigenvalue weighted by Crippen LogP contribution is 2.26. The van der Waals surface area contributed by atoms with Crippen LogP contribution < -0.4 is 5.32 Å². The molecule has 0 radical (unpaired) electrons. The molecule has 8 atom stereocenters. The van der Waals surface area contributed by atoms with Gasteiger partial charge in [0.25, 0.3) is 0 Å². The predicted molar refractivity (Wildman–Crippen MR) is 374 cm³/mol. The van der Waals surface area contributed by atoms with E-state index >= 15 is 0 Å². The Kier molecular flexibility index (Phi) is 59.5. The molecular weight excluding hydrogens is 1110 g/mol. The van der Waals surface area contributed by atoms with E-state index in [1.54, 1.807) is 6.08 Å². The molecule has 8 unspecified atom stereocenters. The number of aliphatic hydroxyl groups excluding tert-OH is 5. The number of allylic oxidation sites excluding steroid dienone is 21. The highest BCUT2D eigenvalue weighted by molar-refractivity contribution is 5.80. The minimum absolute atomic E-state index is 0.108. The number of aliphatic hydroxyl groups is 5. The topological polar surface area (TPSA) is 175 Å². The number of nitrogens with one attached hydrogen (secondary N) is 1. The highest BCUT2D eigenvalue weighted by atomic mass is 16.7. The van der Waals surface area contributed by atoms with Gasteiger partial charge in [0.15, 0.2) is 12.4 Å². The van der Waals surface area contributed by atoms with Crippen LogP contribution in [0.4, 0.5) is 0 Å². The quantitative estimate of drug-likeness (QED) is 0.0195. The van der Waals surface area contributed by atoms with Gasteiger partial charge in [-0.05, 0) is 116 Å². The number of amides is 1. The summed E-state index contributed by atoms with van der Waals surface area (Å²) in [5, 5.41) is 57.3. The summed E-state index contributed by atoms with van der Waals surface area (Å²) in [5.74, 6) is -1.21. The van der Waals surface area contributed by atoms with Crippen molar-refractivity contribution in [2.75, 3.05) is 13.2 Å². The van der Waals surface area contributed by atoms with Gasteiger partial charge in [0.2, 0.25) is 5.91 Å². The molecule has 1 heterocycles. The van der Waals surface area contributed by atoms with Crippen LogP contribution in [0.25, 0.3) is 0 Å². The second-order valence-electron chi connectivity index (χ2n) is 24.2. The number of carbonyl (C=O) groups is 2. The van der Waals surface area contributed by atoms with Crippen LogP contribution in [0.3, 0.4) is 0 Å². The van der Waals surface area contributed by atoms with Crippen LogP contribution in [0.5, 0.6) is 0 Å². The van der Waals surface area contributed by atoms with Crippen LogP contribution in [0.15, 0.2) is 134 Å². The van der Waals surface area contributed by atoms with Crippen LogP contribution in [-0.2, 0) is 23.8 Å². The maximum absolute atomic E-state index is 13.5. The summed E-state index contributed by atoms with van der Waals surface area (Å²) in [6.45, 7) is 5.56. The summed E-state index contributed by atoms with van der Waals surface area (Å²) in [7, 11) is 0. The lowest BCUT2D eigenvalue weighted by Gasteiger charge is -2.41. The van der Waals surface area contributed by atoms with E-state index in [-0.39, 0.29) is 19.4 Å². The molecule has 6 N–H and O–H groups in total. The molecule has 89 heavy (non-hydrogen) atoms. The SMILES string of the molecule is CC/C=C\C/C=C\C/C=C\C/C=C\C/C=C\CCCCCCCCCCCC(=O)OC1C(OCC(NC(=O)C(O)CCCCCCCCCC/C=C\C/C=C\C/C=C\C/C=C\C/C=C\CC)C(O)/C=C/CCCCCCCCCCC)OC(CO)C(O)C1O. The maximum atomic E-state index is 13.5. The monoisotopic (exact) mass is 1240 g/mol. The first-order valence-corrected chi connectivity index (χ1v) is 36.0. The Bertz CT molecular complexity index is 1960. The number of esters is 1. The zero-order valence-corrected chi connectivity index (χ0v) is 56.5. The second-order valence-corrected chi connectivity index (χ2v) is 24.2. The molecule has 1 amide bonds. The van der Waals surface area contributed by atoms with Gasteiger partial charge in [-0.25, -0.2) is 0 Å². The Hall–Kier alpha value is -4.20. The molecular formula is C78H131NO10. The molecule has 11 nitrogen and oxygen atoms in total. The average molecular weight is 1240 g/mol. The first-order chi connectivity index (χ1) is 43.7. The maximum Gasteiger partial charge on any atom is 0.306 e. The number of hydrogen-bond acceptors (Lipinski definition) is 10. The Morgan fingerprint density at radius 1 is 0.449 bits per heavy atom. The van der Waals surface area contributed by atoms with E-state index in [0.29, 0.717) is 12.8 Å². The van der Waals surface area contributed by atoms with Gasteiger partial charge >= 0.3 is 5.97 Å². The van der Waals surface area contributed by atoms with Crippen molar-refractivity contribution in [3.05, 3.63) is 134 Å². The molecule has 1 saturated heterocycles. The van der Waals surface area contributed by atoms with E-state index < -0.39 is 67.4 Å². The van der Waals surface area contributed by atoms with E-state index in [2.05, 4.69) is 148 Å². The Labute approximate surface area is 543 Å². The van der Waals surface area contributed by atoms with Crippen molar-refractivity contribution in [1.29, 1.82) is 0 Å². The molecule has 0 aliphatic carbocycles. The van der Waals surface area contributed by atoms with E-state index in [1.807, 2.05) is 6.08 Å². The smallest absolute Gasteiger partial charge is 0.306 e. The molecule has 508 valence electrons. The predicted octanol–water partition coefficient (Wildman–Crippen LogP) is 18.7. The lowest BCUT2D eigenvalue weighted by molar-refractivity contribution is -0.305. The minimum Gasteiger partial charge on any atom is -0.454 e. The van der Waals surface area contributed by atoms with Crippen molar-refractivity contribution >= 4 is 11.9 Å². The number of carbonyl (C=O) groups excluding carboxylic acids is 2. The summed E-state index contributed by atoms with van der Waals surface area (Å²) in [4.78, 5) is 26.7. The van der Waals surface area contributed by atoms with Crippen LogP contribution in [0.2, 0.25) is 0 Å². The Balaban J connectivity index is 2.56. The molecule has 0 spiro atoms. The minimum atomic E-state index is -1.63. The Morgan fingerprint density at radius 3 is 1.21 bits per heavy atom. The van der Waals surface area contributed by atoms with E-state index in [1.165, 1.54) is 83.5 Å². The van der Waals surface area contributed by atoms with Crippen molar-refractivity contribution in [2.45, 2.75) is 333 Å². The van der Waals surface area contributed by atoms with Gasteiger partial charge in [0.05, 0.1) is 25.4 Å². The van der Waals surface area contributed by atoms with Crippen molar-refractivity contribution in [1.82, 2.24) is 5.32 Å². The lowest BCUT2D eigenvalue weighted by Crippen LogP contribution is -2.61. The van der Waals surface area contributed by atoms with E-state index in [9.17, 15) is 35.1 Å². The average Bonchev–Trinajstić information content (AvgIpc) is 3.71. The van der Waals surface area contributed by atoms with Crippen LogP contribution in [-0.4, -0.2) is 99.6 Å². The fraction of sp³-hybridized carbons (Fsp3) is 0.692. The van der Waals surface area contributed by atoms with Crippen LogP contribution >= 0.6 is 0 Å². The van der Waals surface area contributed by atoms with Gasteiger partial charge in [-0.2, -0.15) is 0 Å². The standard InChI is InChI=1S/C78H131NO10/c1-4-7-10-13-16-19-22-24-26-28-30-32-34-36-38-40-42-44-46-48-51-54-57-60-63-66-73(83)89-76-75(85)74(84)72(67-80)88-78(76)87-68-69(70(81)64-61-58-55-52-49-21-18-15-12-9-6-3)79-77(86)71(82)65-62-59-56-53-50-47-45-43-41-39-37-35-33-31-29-27-25-23-20-17-14-11-8-5-2/h7-8,10-11,16-17,19-20,24-27,30-33,36-39,61,64,69-72,74-76,78,80-82,84-85H,4-6,9,12-15,18,21-23,28-29,34-35,40-60,62-63,65-68H2,1-3H3,(H,79,86)/b10-7-,11-8-,19-16-,20-17-,26-24-,27-25-,32-30-,33-31-,38-36-,39-37-,64-61+. The van der Waals surface area contributed by atoms with Gasteiger partial charge in [-0.1, -0.05) is 296 Å². The summed E-state index contributed by atoms with van der Waals surface area (Å²) < 4.78 is 17.7. The molecule has 1 fully saturated rings.